The Labute approximate surface area is 116 Å². The average molecular weight is 327 g/mol. The van der Waals surface area contributed by atoms with Gasteiger partial charge in [-0.3, -0.25) is 0 Å². The number of rotatable bonds is 2. The maximum absolute atomic E-state index is 13.3. The van der Waals surface area contributed by atoms with E-state index in [4.69, 9.17) is 5.73 Å². The SMILES string of the molecule is CC(C)(C)[C@@H](O)[C@@H](N)c1cccc(F)c1Br.Cl. The zero-order valence-corrected chi connectivity index (χ0v) is 12.5. The van der Waals surface area contributed by atoms with E-state index in [1.54, 1.807) is 12.1 Å². The van der Waals surface area contributed by atoms with Crippen LogP contribution in [0.3, 0.4) is 0 Å². The molecule has 1 aromatic rings. The van der Waals surface area contributed by atoms with Crippen LogP contribution in [0.15, 0.2) is 22.7 Å². The Morgan fingerprint density at radius 2 is 1.88 bits per heavy atom. The van der Waals surface area contributed by atoms with Crippen LogP contribution in [0.4, 0.5) is 4.39 Å². The first kappa shape index (κ1) is 16.8. The summed E-state index contributed by atoms with van der Waals surface area (Å²) < 4.78 is 13.6. The van der Waals surface area contributed by atoms with Crippen LogP contribution in [-0.4, -0.2) is 11.2 Å². The molecular formula is C12H18BrClFNO. The van der Waals surface area contributed by atoms with Gasteiger partial charge in [0.15, 0.2) is 0 Å². The highest BCUT2D eigenvalue weighted by atomic mass is 79.9. The van der Waals surface area contributed by atoms with E-state index in [-0.39, 0.29) is 23.6 Å². The molecule has 5 heteroatoms. The minimum atomic E-state index is -0.731. The van der Waals surface area contributed by atoms with E-state index >= 15 is 0 Å². The van der Waals surface area contributed by atoms with Crippen molar-refractivity contribution in [3.8, 4) is 0 Å². The summed E-state index contributed by atoms with van der Waals surface area (Å²) in [5.74, 6) is -0.367. The van der Waals surface area contributed by atoms with Crippen molar-refractivity contribution in [2.75, 3.05) is 0 Å². The van der Waals surface area contributed by atoms with Crippen molar-refractivity contribution in [2.45, 2.75) is 32.9 Å². The lowest BCUT2D eigenvalue weighted by Gasteiger charge is -2.31. The third-order valence-electron chi connectivity index (χ3n) is 2.57. The van der Waals surface area contributed by atoms with Crippen molar-refractivity contribution < 1.29 is 9.50 Å². The minimum Gasteiger partial charge on any atom is -0.391 e. The summed E-state index contributed by atoms with van der Waals surface area (Å²) >= 11 is 3.15. The van der Waals surface area contributed by atoms with Crippen LogP contribution in [-0.2, 0) is 0 Å². The van der Waals surface area contributed by atoms with Gasteiger partial charge in [0, 0.05) is 0 Å². The van der Waals surface area contributed by atoms with Gasteiger partial charge in [0.1, 0.15) is 5.82 Å². The zero-order valence-electron chi connectivity index (χ0n) is 10.1. The summed E-state index contributed by atoms with van der Waals surface area (Å²) in [5.41, 5.74) is 6.19. The molecule has 0 aliphatic carbocycles. The second-order valence-electron chi connectivity index (χ2n) is 4.98. The van der Waals surface area contributed by atoms with Gasteiger partial charge in [0.05, 0.1) is 16.6 Å². The molecule has 1 aromatic carbocycles. The normalized spacial score (nSPS) is 15.0. The molecule has 0 aromatic heterocycles. The first-order chi connectivity index (χ1) is 7.25. The van der Waals surface area contributed by atoms with Crippen LogP contribution in [0.5, 0.6) is 0 Å². The van der Waals surface area contributed by atoms with Crippen LogP contribution in [0.2, 0.25) is 0 Å². The lowest BCUT2D eigenvalue weighted by Crippen LogP contribution is -2.37. The molecule has 0 aliphatic rings. The fourth-order valence-electron chi connectivity index (χ4n) is 1.49. The minimum absolute atomic E-state index is 0. The van der Waals surface area contributed by atoms with E-state index < -0.39 is 12.1 Å². The molecule has 0 saturated carbocycles. The number of hydrogen-bond donors (Lipinski definition) is 2. The van der Waals surface area contributed by atoms with Gasteiger partial charge in [-0.2, -0.15) is 0 Å². The van der Waals surface area contributed by atoms with Crippen LogP contribution in [0, 0.1) is 11.2 Å². The summed E-state index contributed by atoms with van der Waals surface area (Å²) in [6, 6.07) is 4.05. The quantitative estimate of drug-likeness (QED) is 0.875. The third kappa shape index (κ3) is 3.91. The second kappa shape index (κ2) is 6.14. The van der Waals surface area contributed by atoms with Gasteiger partial charge < -0.3 is 10.8 Å². The van der Waals surface area contributed by atoms with Crippen molar-refractivity contribution >= 4 is 28.3 Å². The number of aliphatic hydroxyl groups is 1. The Morgan fingerprint density at radius 3 is 2.35 bits per heavy atom. The first-order valence-electron chi connectivity index (χ1n) is 5.12. The van der Waals surface area contributed by atoms with E-state index in [2.05, 4.69) is 15.9 Å². The topological polar surface area (TPSA) is 46.2 Å². The van der Waals surface area contributed by atoms with Gasteiger partial charge >= 0.3 is 0 Å². The van der Waals surface area contributed by atoms with E-state index in [1.807, 2.05) is 20.8 Å². The van der Waals surface area contributed by atoms with Gasteiger partial charge in [0.25, 0.3) is 0 Å². The van der Waals surface area contributed by atoms with Crippen LogP contribution in [0.1, 0.15) is 32.4 Å². The summed E-state index contributed by atoms with van der Waals surface area (Å²) in [6.07, 6.45) is -0.731. The molecule has 0 amide bonds. The van der Waals surface area contributed by atoms with E-state index in [9.17, 15) is 9.50 Å². The molecule has 98 valence electrons. The second-order valence-corrected chi connectivity index (χ2v) is 5.77. The molecule has 0 radical (unpaired) electrons. The largest absolute Gasteiger partial charge is 0.391 e. The molecule has 2 nitrogen and oxygen atoms in total. The molecule has 3 N–H and O–H groups in total. The maximum atomic E-state index is 13.3. The van der Waals surface area contributed by atoms with Crippen LogP contribution in [0.25, 0.3) is 0 Å². The zero-order chi connectivity index (χ0) is 12.5. The molecule has 0 heterocycles. The summed E-state index contributed by atoms with van der Waals surface area (Å²) in [7, 11) is 0. The van der Waals surface area contributed by atoms with Gasteiger partial charge in [0.2, 0.25) is 0 Å². The van der Waals surface area contributed by atoms with Crippen LogP contribution < -0.4 is 5.73 Å². The fourth-order valence-corrected chi connectivity index (χ4v) is 2.02. The summed E-state index contributed by atoms with van der Waals surface area (Å²) in [4.78, 5) is 0. The van der Waals surface area contributed by atoms with Gasteiger partial charge in [-0.1, -0.05) is 32.9 Å². The molecule has 0 fully saturated rings. The van der Waals surface area contributed by atoms with Gasteiger partial charge in [-0.15, -0.1) is 12.4 Å². The standard InChI is InChI=1S/C12H17BrFNO.ClH/c1-12(2,3)11(16)10(15)7-5-4-6-8(14)9(7)13;/h4-6,10-11,16H,15H2,1-3H3;1H/t10-,11-;/m0./s1. The highest BCUT2D eigenvalue weighted by molar-refractivity contribution is 9.10. The highest BCUT2D eigenvalue weighted by Gasteiger charge is 2.30. The Morgan fingerprint density at radius 1 is 1.35 bits per heavy atom. The predicted molar refractivity (Wildman–Crippen MR) is 73.7 cm³/mol. The molecule has 0 bridgehead atoms. The summed E-state index contributed by atoms with van der Waals surface area (Å²) in [6.45, 7) is 5.68. The van der Waals surface area contributed by atoms with E-state index in [1.165, 1.54) is 6.07 Å². The Kier molecular flexibility index (Phi) is 6.08. The van der Waals surface area contributed by atoms with Crippen molar-refractivity contribution in [1.82, 2.24) is 0 Å². The number of hydrogen-bond acceptors (Lipinski definition) is 2. The number of nitrogens with two attached hydrogens (primary N) is 1. The molecule has 0 unspecified atom stereocenters. The molecule has 2 atom stereocenters. The molecule has 0 spiro atoms. The molecular weight excluding hydrogens is 308 g/mol. The van der Waals surface area contributed by atoms with Crippen molar-refractivity contribution in [3.05, 3.63) is 34.1 Å². The van der Waals surface area contributed by atoms with Crippen molar-refractivity contribution in [2.24, 2.45) is 11.1 Å². The lowest BCUT2D eigenvalue weighted by molar-refractivity contribution is 0.0398. The third-order valence-corrected chi connectivity index (χ3v) is 3.40. The average Bonchev–Trinajstić information content (AvgIpc) is 2.18. The summed E-state index contributed by atoms with van der Waals surface area (Å²) in [5, 5.41) is 10.1. The molecule has 0 saturated heterocycles. The fraction of sp³-hybridized carbons (Fsp3) is 0.500. The predicted octanol–water partition coefficient (Wildman–Crippen LogP) is 3.42. The lowest BCUT2D eigenvalue weighted by atomic mass is 9.82. The number of halogens is 3. The first-order valence-corrected chi connectivity index (χ1v) is 5.92. The number of benzene rings is 1. The molecule has 0 aliphatic heterocycles. The van der Waals surface area contributed by atoms with Crippen molar-refractivity contribution in [3.63, 3.8) is 0 Å². The van der Waals surface area contributed by atoms with E-state index in [0.29, 0.717) is 10.0 Å². The van der Waals surface area contributed by atoms with Crippen LogP contribution >= 0.6 is 28.3 Å². The van der Waals surface area contributed by atoms with Gasteiger partial charge in [-0.05, 0) is 33.0 Å². The Balaban J connectivity index is 0.00000256. The smallest absolute Gasteiger partial charge is 0.137 e. The monoisotopic (exact) mass is 325 g/mol. The highest BCUT2D eigenvalue weighted by Crippen LogP contribution is 2.32. The van der Waals surface area contributed by atoms with Gasteiger partial charge in [-0.25, -0.2) is 4.39 Å². The Bertz CT molecular complexity index is 381. The number of aliphatic hydroxyl groups excluding tert-OH is 1. The van der Waals surface area contributed by atoms with Crippen molar-refractivity contribution in [1.29, 1.82) is 0 Å². The maximum Gasteiger partial charge on any atom is 0.137 e. The molecule has 1 rings (SSSR count). The molecule has 17 heavy (non-hydrogen) atoms. The Hall–Kier alpha value is -0.160. The van der Waals surface area contributed by atoms with E-state index in [0.717, 1.165) is 0 Å².